The molecule has 1 saturated heterocycles. The van der Waals surface area contributed by atoms with Gasteiger partial charge in [-0.15, -0.1) is 0 Å². The van der Waals surface area contributed by atoms with Crippen LogP contribution in [0, 0.1) is 17.5 Å². The lowest BCUT2D eigenvalue weighted by Crippen LogP contribution is -2.46. The fourth-order valence-corrected chi connectivity index (χ4v) is 2.89. The van der Waals surface area contributed by atoms with Gasteiger partial charge in [-0.25, -0.2) is 18.2 Å². The van der Waals surface area contributed by atoms with Gasteiger partial charge < -0.3 is 19.5 Å². The summed E-state index contributed by atoms with van der Waals surface area (Å²) in [7, 11) is 0. The molecule has 0 amide bonds. The summed E-state index contributed by atoms with van der Waals surface area (Å²) in [5.74, 6) is -3.23. The van der Waals surface area contributed by atoms with Crippen molar-refractivity contribution in [2.75, 3.05) is 37.7 Å². The van der Waals surface area contributed by atoms with E-state index in [1.54, 1.807) is 17.0 Å². The lowest BCUT2D eigenvalue weighted by molar-refractivity contribution is 0.285. The Hall–Kier alpha value is -2.55. The third-order valence-electron chi connectivity index (χ3n) is 4.34. The Morgan fingerprint density at radius 2 is 1.81 bits per heavy atom. The van der Waals surface area contributed by atoms with Crippen LogP contribution >= 0.6 is 0 Å². The molecule has 0 saturated carbocycles. The molecule has 6 nitrogen and oxygen atoms in total. The van der Waals surface area contributed by atoms with E-state index in [9.17, 15) is 18.0 Å². The van der Waals surface area contributed by atoms with Crippen LogP contribution in [0.3, 0.4) is 0 Å². The summed E-state index contributed by atoms with van der Waals surface area (Å²) in [5, 5.41) is 3.23. The van der Waals surface area contributed by atoms with E-state index in [-0.39, 0.29) is 17.9 Å². The molecule has 1 fully saturated rings. The number of halogens is 3. The first-order valence-electron chi connectivity index (χ1n) is 8.84. The molecule has 0 spiro atoms. The van der Waals surface area contributed by atoms with Gasteiger partial charge in [-0.1, -0.05) is 0 Å². The van der Waals surface area contributed by atoms with Crippen LogP contribution in [0.4, 0.5) is 19.0 Å². The van der Waals surface area contributed by atoms with Crippen LogP contribution in [-0.4, -0.2) is 42.3 Å². The second kappa shape index (κ2) is 8.90. The van der Waals surface area contributed by atoms with Crippen molar-refractivity contribution in [2.24, 2.45) is 0 Å². The van der Waals surface area contributed by atoms with Crippen LogP contribution in [0.1, 0.15) is 12.8 Å². The Kier molecular flexibility index (Phi) is 6.33. The zero-order valence-corrected chi connectivity index (χ0v) is 14.8. The largest absolute Gasteiger partial charge is 0.490 e. The number of nitrogens with one attached hydrogen (secondary N) is 1. The Morgan fingerprint density at radius 1 is 1.07 bits per heavy atom. The number of aryl methyl sites for hydroxylation is 1. The lowest BCUT2D eigenvalue weighted by atomic mass is 10.3. The molecule has 2 aromatic rings. The Balaban J connectivity index is 1.51. The number of ether oxygens (including phenoxy) is 1. The lowest BCUT2D eigenvalue weighted by Gasteiger charge is -2.27. The highest BCUT2D eigenvalue weighted by atomic mass is 19.2. The van der Waals surface area contributed by atoms with Gasteiger partial charge in [-0.2, -0.15) is 0 Å². The summed E-state index contributed by atoms with van der Waals surface area (Å²) in [6.45, 7) is 3.69. The van der Waals surface area contributed by atoms with Crippen molar-refractivity contribution in [3.8, 4) is 5.75 Å². The second-order valence-electron chi connectivity index (χ2n) is 6.24. The van der Waals surface area contributed by atoms with Gasteiger partial charge in [0.15, 0.2) is 29.0 Å². The third kappa shape index (κ3) is 4.79. The van der Waals surface area contributed by atoms with Crippen molar-refractivity contribution in [3.63, 3.8) is 0 Å². The molecule has 0 aliphatic carbocycles. The average Bonchev–Trinajstić information content (AvgIpc) is 2.67. The minimum Gasteiger partial charge on any atom is -0.490 e. The molecule has 9 heteroatoms. The molecule has 27 heavy (non-hydrogen) atoms. The van der Waals surface area contributed by atoms with E-state index in [2.05, 4.69) is 10.3 Å². The van der Waals surface area contributed by atoms with E-state index in [1.807, 2.05) is 4.90 Å². The van der Waals surface area contributed by atoms with Gasteiger partial charge in [0.2, 0.25) is 0 Å². The number of benzene rings is 1. The van der Waals surface area contributed by atoms with Gasteiger partial charge in [-0.3, -0.25) is 4.79 Å². The number of rotatable bonds is 7. The number of hydrogen-bond donors (Lipinski definition) is 1. The summed E-state index contributed by atoms with van der Waals surface area (Å²) < 4.78 is 46.2. The van der Waals surface area contributed by atoms with E-state index in [0.717, 1.165) is 26.2 Å². The van der Waals surface area contributed by atoms with E-state index in [0.29, 0.717) is 37.3 Å². The highest BCUT2D eigenvalue weighted by Crippen LogP contribution is 2.20. The number of piperazine rings is 1. The van der Waals surface area contributed by atoms with E-state index < -0.39 is 17.5 Å². The van der Waals surface area contributed by atoms with E-state index in [4.69, 9.17) is 4.74 Å². The summed E-state index contributed by atoms with van der Waals surface area (Å²) in [6.07, 6.45) is 4.36. The molecule has 3 rings (SSSR count). The van der Waals surface area contributed by atoms with Gasteiger partial charge in [0.25, 0.3) is 5.56 Å². The number of anilines is 1. The van der Waals surface area contributed by atoms with Crippen molar-refractivity contribution in [2.45, 2.75) is 19.4 Å². The maximum Gasteiger partial charge on any atom is 0.293 e. The van der Waals surface area contributed by atoms with E-state index in [1.165, 1.54) is 0 Å². The topological polar surface area (TPSA) is 59.4 Å². The second-order valence-corrected chi connectivity index (χ2v) is 6.24. The summed E-state index contributed by atoms with van der Waals surface area (Å²) in [6, 6.07) is 1.15. The summed E-state index contributed by atoms with van der Waals surface area (Å²) in [4.78, 5) is 18.7. The Labute approximate surface area is 154 Å². The molecule has 1 aliphatic heterocycles. The van der Waals surface area contributed by atoms with Gasteiger partial charge >= 0.3 is 0 Å². The van der Waals surface area contributed by atoms with Crippen LogP contribution in [0.15, 0.2) is 29.3 Å². The number of nitrogens with zero attached hydrogens (tertiary/aromatic N) is 3. The SMILES string of the molecule is O=c1c(N2CCNCC2)nccn1CCCCOc1cc(F)c(F)cc1F. The predicted molar refractivity (Wildman–Crippen MR) is 94.6 cm³/mol. The van der Waals surface area contributed by atoms with Crippen LogP contribution in [0.25, 0.3) is 0 Å². The highest BCUT2D eigenvalue weighted by Gasteiger charge is 2.16. The van der Waals surface area contributed by atoms with Crippen molar-refractivity contribution in [3.05, 3.63) is 52.3 Å². The number of unbranched alkanes of at least 4 members (excludes halogenated alkanes) is 1. The van der Waals surface area contributed by atoms with Crippen LogP contribution in [0.2, 0.25) is 0 Å². The molecule has 0 radical (unpaired) electrons. The molecule has 1 aliphatic rings. The molecule has 0 unspecified atom stereocenters. The van der Waals surface area contributed by atoms with Gasteiger partial charge in [0.05, 0.1) is 6.61 Å². The quantitative estimate of drug-likeness (QED) is 0.586. The van der Waals surface area contributed by atoms with Crippen LogP contribution in [0.5, 0.6) is 5.75 Å². The molecule has 0 atom stereocenters. The van der Waals surface area contributed by atoms with Gasteiger partial charge in [0.1, 0.15) is 0 Å². The van der Waals surface area contributed by atoms with Gasteiger partial charge in [0, 0.05) is 57.3 Å². The minimum atomic E-state index is -1.25. The van der Waals surface area contributed by atoms with Crippen LogP contribution in [-0.2, 0) is 6.54 Å². The van der Waals surface area contributed by atoms with Crippen molar-refractivity contribution in [1.82, 2.24) is 14.9 Å². The summed E-state index contributed by atoms with van der Waals surface area (Å²) >= 11 is 0. The van der Waals surface area contributed by atoms with E-state index >= 15 is 0 Å². The fourth-order valence-electron chi connectivity index (χ4n) is 2.89. The Bertz CT molecular complexity index is 838. The molecule has 1 aromatic heterocycles. The molecule has 1 aromatic carbocycles. The summed E-state index contributed by atoms with van der Waals surface area (Å²) in [5.41, 5.74) is -0.146. The first kappa shape index (κ1) is 19.2. The molecule has 2 heterocycles. The van der Waals surface area contributed by atoms with Crippen molar-refractivity contribution in [1.29, 1.82) is 0 Å². The number of aromatic nitrogens is 2. The zero-order chi connectivity index (χ0) is 19.2. The van der Waals surface area contributed by atoms with Gasteiger partial charge in [-0.05, 0) is 12.8 Å². The van der Waals surface area contributed by atoms with Crippen LogP contribution < -0.4 is 20.5 Å². The third-order valence-corrected chi connectivity index (χ3v) is 4.34. The monoisotopic (exact) mass is 382 g/mol. The predicted octanol–water partition coefficient (Wildman–Crippen LogP) is 1.93. The average molecular weight is 382 g/mol. The first-order valence-corrected chi connectivity index (χ1v) is 8.84. The highest BCUT2D eigenvalue weighted by molar-refractivity contribution is 5.36. The maximum absolute atomic E-state index is 13.5. The molecular weight excluding hydrogens is 361 g/mol. The first-order chi connectivity index (χ1) is 13.1. The molecule has 146 valence electrons. The minimum absolute atomic E-state index is 0.131. The maximum atomic E-state index is 13.5. The Morgan fingerprint density at radius 3 is 2.59 bits per heavy atom. The molecular formula is C18H21F3N4O2. The smallest absolute Gasteiger partial charge is 0.293 e. The zero-order valence-electron chi connectivity index (χ0n) is 14.8. The fraction of sp³-hybridized carbons (Fsp3) is 0.444. The van der Waals surface area contributed by atoms with Crippen molar-refractivity contribution < 1.29 is 17.9 Å². The number of hydrogen-bond acceptors (Lipinski definition) is 5. The van der Waals surface area contributed by atoms with Crippen molar-refractivity contribution >= 4 is 5.82 Å². The molecule has 0 bridgehead atoms. The normalized spacial score (nSPS) is 14.4. The molecule has 1 N–H and O–H groups in total. The standard InChI is InChI=1S/C18H21F3N4O2/c19-13-11-15(21)16(12-14(13)20)27-10-2-1-6-25-9-5-23-17(18(25)26)24-7-3-22-4-8-24/h5,9,11-12,22H,1-4,6-8,10H2.